The summed E-state index contributed by atoms with van der Waals surface area (Å²) in [6, 6.07) is 0. The number of likely N-dealkylation sites (tertiary alicyclic amines) is 1. The molecule has 0 bridgehead atoms. The molecule has 2 aliphatic rings. The second kappa shape index (κ2) is 8.60. The molecule has 0 aliphatic carbocycles. The van der Waals surface area contributed by atoms with E-state index >= 15 is 0 Å². The summed E-state index contributed by atoms with van der Waals surface area (Å²) in [4.78, 5) is 16.5. The van der Waals surface area contributed by atoms with Crippen molar-refractivity contribution in [1.29, 1.82) is 0 Å². The quantitative estimate of drug-likeness (QED) is 0.730. The van der Waals surface area contributed by atoms with Gasteiger partial charge in [-0.3, -0.25) is 9.69 Å². The lowest BCUT2D eigenvalue weighted by molar-refractivity contribution is -0.132. The monoisotopic (exact) mass is 284 g/mol. The van der Waals surface area contributed by atoms with E-state index in [-0.39, 0.29) is 12.5 Å². The molecule has 2 saturated heterocycles. The van der Waals surface area contributed by atoms with Crippen LogP contribution < -0.4 is 0 Å². The molecule has 0 saturated carbocycles. The Hall–Kier alpha value is -0.650. The van der Waals surface area contributed by atoms with Gasteiger partial charge in [0.15, 0.2) is 0 Å². The van der Waals surface area contributed by atoms with E-state index in [1.54, 1.807) is 0 Å². The standard InChI is InChI=1S/C15H28N2O3/c18-10-2-1-3-15(19)17-6-4-14(5-7-17)13-16-8-11-20-12-9-16/h14,18H,1-13H2. The van der Waals surface area contributed by atoms with Crippen LogP contribution >= 0.6 is 0 Å². The summed E-state index contributed by atoms with van der Waals surface area (Å²) in [5, 5.41) is 8.74. The number of piperidine rings is 1. The van der Waals surface area contributed by atoms with Crippen molar-refractivity contribution in [2.75, 3.05) is 52.5 Å². The molecule has 0 aromatic rings. The number of morpholine rings is 1. The third kappa shape index (κ3) is 5.04. The maximum absolute atomic E-state index is 12.0. The first-order valence-corrected chi connectivity index (χ1v) is 7.98. The first kappa shape index (κ1) is 15.7. The average Bonchev–Trinajstić information content (AvgIpc) is 2.49. The molecule has 0 aromatic carbocycles. The topological polar surface area (TPSA) is 53.0 Å². The summed E-state index contributed by atoms with van der Waals surface area (Å²) < 4.78 is 5.37. The van der Waals surface area contributed by atoms with Crippen LogP contribution in [-0.4, -0.2) is 73.4 Å². The number of unbranched alkanes of at least 4 members (excludes halogenated alkanes) is 1. The van der Waals surface area contributed by atoms with E-state index in [1.165, 1.54) is 0 Å². The first-order valence-electron chi connectivity index (χ1n) is 7.98. The predicted molar refractivity (Wildman–Crippen MR) is 77.5 cm³/mol. The minimum absolute atomic E-state index is 0.189. The van der Waals surface area contributed by atoms with Crippen molar-refractivity contribution < 1.29 is 14.6 Å². The van der Waals surface area contributed by atoms with Gasteiger partial charge in [-0.1, -0.05) is 0 Å². The molecule has 0 radical (unpaired) electrons. The minimum atomic E-state index is 0.189. The number of carbonyl (C=O) groups is 1. The number of hydrogen-bond donors (Lipinski definition) is 1. The molecule has 0 aromatic heterocycles. The van der Waals surface area contributed by atoms with Crippen molar-refractivity contribution in [2.24, 2.45) is 5.92 Å². The number of hydrogen-bond acceptors (Lipinski definition) is 4. The molecule has 20 heavy (non-hydrogen) atoms. The van der Waals surface area contributed by atoms with E-state index in [9.17, 15) is 4.79 Å². The number of amides is 1. The first-order chi connectivity index (χ1) is 9.79. The molecule has 116 valence electrons. The highest BCUT2D eigenvalue weighted by Crippen LogP contribution is 2.20. The molecule has 2 fully saturated rings. The Kier molecular flexibility index (Phi) is 6.76. The predicted octanol–water partition coefficient (Wildman–Crippen LogP) is 0.720. The van der Waals surface area contributed by atoms with Crippen molar-refractivity contribution in [1.82, 2.24) is 9.80 Å². The fourth-order valence-electron chi connectivity index (χ4n) is 3.06. The second-order valence-electron chi connectivity index (χ2n) is 5.92. The number of aliphatic hydroxyl groups excluding tert-OH is 1. The van der Waals surface area contributed by atoms with Gasteiger partial charge in [-0.15, -0.1) is 0 Å². The Morgan fingerprint density at radius 3 is 2.45 bits per heavy atom. The highest BCUT2D eigenvalue weighted by molar-refractivity contribution is 5.76. The molecule has 1 N–H and O–H groups in total. The van der Waals surface area contributed by atoms with Crippen LogP contribution in [0.25, 0.3) is 0 Å². The summed E-state index contributed by atoms with van der Waals surface area (Å²) >= 11 is 0. The van der Waals surface area contributed by atoms with Gasteiger partial charge in [-0.05, 0) is 31.6 Å². The Bertz CT molecular complexity index is 285. The van der Waals surface area contributed by atoms with Crippen LogP contribution in [0, 0.1) is 5.92 Å². The number of nitrogens with zero attached hydrogens (tertiary/aromatic N) is 2. The van der Waals surface area contributed by atoms with Crippen LogP contribution in [0.4, 0.5) is 0 Å². The molecule has 1 amide bonds. The molecule has 2 heterocycles. The van der Waals surface area contributed by atoms with Crippen molar-refractivity contribution in [3.63, 3.8) is 0 Å². The number of carbonyl (C=O) groups excluding carboxylic acids is 1. The zero-order valence-corrected chi connectivity index (χ0v) is 12.4. The zero-order chi connectivity index (χ0) is 14.2. The number of aliphatic hydroxyl groups is 1. The molecule has 0 spiro atoms. The SMILES string of the molecule is O=C(CCCCO)N1CCC(CN2CCOCC2)CC1. The molecule has 0 atom stereocenters. The molecule has 2 rings (SSSR count). The van der Waals surface area contributed by atoms with Crippen molar-refractivity contribution in [3.8, 4) is 0 Å². The minimum Gasteiger partial charge on any atom is -0.396 e. The van der Waals surface area contributed by atoms with Crippen LogP contribution in [0.2, 0.25) is 0 Å². The van der Waals surface area contributed by atoms with E-state index in [0.29, 0.717) is 6.42 Å². The lowest BCUT2D eigenvalue weighted by Gasteiger charge is -2.36. The Labute approximate surface area is 121 Å². The van der Waals surface area contributed by atoms with E-state index in [2.05, 4.69) is 4.90 Å². The van der Waals surface area contributed by atoms with Crippen molar-refractivity contribution >= 4 is 5.91 Å². The van der Waals surface area contributed by atoms with Gasteiger partial charge in [-0.25, -0.2) is 0 Å². The highest BCUT2D eigenvalue weighted by atomic mass is 16.5. The van der Waals surface area contributed by atoms with Gasteiger partial charge in [-0.2, -0.15) is 0 Å². The van der Waals surface area contributed by atoms with Gasteiger partial charge in [0, 0.05) is 45.8 Å². The van der Waals surface area contributed by atoms with Crippen LogP contribution in [-0.2, 0) is 9.53 Å². The lowest BCUT2D eigenvalue weighted by Crippen LogP contribution is -2.44. The zero-order valence-electron chi connectivity index (χ0n) is 12.4. The van der Waals surface area contributed by atoms with Gasteiger partial charge in [0.25, 0.3) is 0 Å². The third-order valence-corrected chi connectivity index (χ3v) is 4.39. The smallest absolute Gasteiger partial charge is 0.222 e. The molecule has 5 heteroatoms. The number of rotatable bonds is 6. The fraction of sp³-hybridized carbons (Fsp3) is 0.933. The summed E-state index contributed by atoms with van der Waals surface area (Å²) in [6.45, 7) is 7.01. The third-order valence-electron chi connectivity index (χ3n) is 4.39. The summed E-state index contributed by atoms with van der Waals surface area (Å²) in [5.74, 6) is 0.998. The van der Waals surface area contributed by atoms with E-state index < -0.39 is 0 Å². The Balaban J connectivity index is 1.62. The maximum atomic E-state index is 12.0. The van der Waals surface area contributed by atoms with Gasteiger partial charge in [0.2, 0.25) is 5.91 Å². The molecule has 5 nitrogen and oxygen atoms in total. The van der Waals surface area contributed by atoms with Crippen molar-refractivity contribution in [3.05, 3.63) is 0 Å². The van der Waals surface area contributed by atoms with Crippen LogP contribution in [0.15, 0.2) is 0 Å². The van der Waals surface area contributed by atoms with E-state index in [4.69, 9.17) is 9.84 Å². The molecule has 2 aliphatic heterocycles. The van der Waals surface area contributed by atoms with Gasteiger partial charge in [0.05, 0.1) is 13.2 Å². The van der Waals surface area contributed by atoms with Crippen LogP contribution in [0.5, 0.6) is 0 Å². The highest BCUT2D eigenvalue weighted by Gasteiger charge is 2.24. The maximum Gasteiger partial charge on any atom is 0.222 e. The largest absolute Gasteiger partial charge is 0.396 e. The molecule has 0 unspecified atom stereocenters. The van der Waals surface area contributed by atoms with Crippen LogP contribution in [0.3, 0.4) is 0 Å². The van der Waals surface area contributed by atoms with Gasteiger partial charge in [0.1, 0.15) is 0 Å². The Morgan fingerprint density at radius 2 is 1.80 bits per heavy atom. The number of ether oxygens (including phenoxy) is 1. The fourth-order valence-corrected chi connectivity index (χ4v) is 3.06. The second-order valence-corrected chi connectivity index (χ2v) is 5.92. The lowest BCUT2D eigenvalue weighted by atomic mass is 9.95. The Morgan fingerprint density at radius 1 is 1.10 bits per heavy atom. The van der Waals surface area contributed by atoms with E-state index in [1.807, 2.05) is 4.90 Å². The normalized spacial score (nSPS) is 22.1. The van der Waals surface area contributed by atoms with Gasteiger partial charge < -0.3 is 14.7 Å². The summed E-state index contributed by atoms with van der Waals surface area (Å²) in [5.41, 5.74) is 0. The van der Waals surface area contributed by atoms with Crippen molar-refractivity contribution in [2.45, 2.75) is 32.1 Å². The van der Waals surface area contributed by atoms with Crippen LogP contribution in [0.1, 0.15) is 32.1 Å². The average molecular weight is 284 g/mol. The van der Waals surface area contributed by atoms with Gasteiger partial charge >= 0.3 is 0 Å². The molecular weight excluding hydrogens is 256 g/mol. The molecular formula is C15H28N2O3. The summed E-state index contributed by atoms with van der Waals surface area (Å²) in [6.07, 6.45) is 4.39. The van der Waals surface area contributed by atoms with E-state index in [0.717, 1.165) is 77.5 Å². The summed E-state index contributed by atoms with van der Waals surface area (Å²) in [7, 11) is 0.